The van der Waals surface area contributed by atoms with Gasteiger partial charge in [-0.15, -0.1) is 0 Å². The molecule has 0 atom stereocenters. The summed E-state index contributed by atoms with van der Waals surface area (Å²) in [6.45, 7) is 10.5. The number of hydrogen-bond acceptors (Lipinski definition) is 3. The Morgan fingerprint density at radius 1 is 1.29 bits per heavy atom. The Labute approximate surface area is 127 Å². The first kappa shape index (κ1) is 15.7. The predicted molar refractivity (Wildman–Crippen MR) is 86.6 cm³/mol. The minimum atomic E-state index is 0.649. The summed E-state index contributed by atoms with van der Waals surface area (Å²) < 4.78 is 2.20. The van der Waals surface area contributed by atoms with E-state index >= 15 is 0 Å². The maximum Gasteiger partial charge on any atom is 0.113 e. The van der Waals surface area contributed by atoms with Gasteiger partial charge in [0, 0.05) is 42.8 Å². The molecule has 2 rings (SSSR count). The van der Waals surface area contributed by atoms with Crippen molar-refractivity contribution in [2.75, 3.05) is 6.54 Å². The van der Waals surface area contributed by atoms with Gasteiger partial charge in [0.2, 0.25) is 0 Å². The molecule has 0 aliphatic carbocycles. The van der Waals surface area contributed by atoms with E-state index in [2.05, 4.69) is 46.7 Å². The minimum Gasteiger partial charge on any atom is -0.312 e. The van der Waals surface area contributed by atoms with E-state index in [0.717, 1.165) is 37.4 Å². The van der Waals surface area contributed by atoms with E-state index < -0.39 is 0 Å². The molecule has 1 N–H and O–H groups in total. The van der Waals surface area contributed by atoms with Crippen molar-refractivity contribution < 1.29 is 0 Å². The van der Waals surface area contributed by atoms with Gasteiger partial charge in [-0.05, 0) is 31.9 Å². The highest BCUT2D eigenvalue weighted by Gasteiger charge is 2.10. The van der Waals surface area contributed by atoms with Crippen LogP contribution in [0.15, 0.2) is 24.7 Å². The summed E-state index contributed by atoms with van der Waals surface area (Å²) in [7, 11) is 0. The van der Waals surface area contributed by atoms with Crippen molar-refractivity contribution in [3.05, 3.63) is 41.7 Å². The number of aromatic nitrogens is 3. The average molecular weight is 286 g/mol. The number of rotatable bonds is 7. The van der Waals surface area contributed by atoms with Gasteiger partial charge >= 0.3 is 0 Å². The van der Waals surface area contributed by atoms with Crippen LogP contribution in [0, 0.1) is 12.8 Å². The van der Waals surface area contributed by atoms with E-state index in [4.69, 9.17) is 0 Å². The lowest BCUT2D eigenvalue weighted by Gasteiger charge is -2.15. The van der Waals surface area contributed by atoms with Gasteiger partial charge in [0.1, 0.15) is 5.82 Å². The Balaban J connectivity index is 2.28. The maximum absolute atomic E-state index is 4.48. The molecule has 0 unspecified atom stereocenters. The van der Waals surface area contributed by atoms with Crippen LogP contribution in [-0.2, 0) is 13.0 Å². The van der Waals surface area contributed by atoms with Crippen molar-refractivity contribution in [2.24, 2.45) is 5.92 Å². The number of imidazole rings is 1. The van der Waals surface area contributed by atoms with E-state index in [1.165, 1.54) is 11.3 Å². The van der Waals surface area contributed by atoms with Crippen LogP contribution < -0.4 is 5.32 Å². The lowest BCUT2D eigenvalue weighted by molar-refractivity contribution is 0.551. The van der Waals surface area contributed by atoms with Crippen molar-refractivity contribution in [1.29, 1.82) is 0 Å². The third-order valence-corrected chi connectivity index (χ3v) is 3.42. The Morgan fingerprint density at radius 3 is 2.81 bits per heavy atom. The van der Waals surface area contributed by atoms with Crippen LogP contribution in [0.2, 0.25) is 0 Å². The molecule has 114 valence electrons. The van der Waals surface area contributed by atoms with Gasteiger partial charge in [-0.25, -0.2) is 4.98 Å². The van der Waals surface area contributed by atoms with Crippen LogP contribution in [0.25, 0.3) is 5.69 Å². The highest BCUT2D eigenvalue weighted by Crippen LogP contribution is 2.18. The molecule has 0 fully saturated rings. The molecule has 2 aromatic rings. The third-order valence-electron chi connectivity index (χ3n) is 3.42. The first-order valence-corrected chi connectivity index (χ1v) is 7.80. The van der Waals surface area contributed by atoms with Gasteiger partial charge < -0.3 is 9.88 Å². The van der Waals surface area contributed by atoms with Crippen molar-refractivity contribution >= 4 is 0 Å². The lowest BCUT2D eigenvalue weighted by atomic mass is 10.1. The minimum absolute atomic E-state index is 0.649. The molecule has 2 aromatic heterocycles. The molecular formula is C17H26N4. The van der Waals surface area contributed by atoms with Crippen molar-refractivity contribution in [1.82, 2.24) is 19.9 Å². The quantitative estimate of drug-likeness (QED) is 0.849. The van der Waals surface area contributed by atoms with Gasteiger partial charge in [0.15, 0.2) is 0 Å². The number of hydrogen-bond donors (Lipinski definition) is 1. The fourth-order valence-electron chi connectivity index (χ4n) is 2.39. The molecule has 0 saturated carbocycles. The van der Waals surface area contributed by atoms with Crippen LogP contribution in [-0.4, -0.2) is 21.1 Å². The van der Waals surface area contributed by atoms with Crippen LogP contribution >= 0.6 is 0 Å². The largest absolute Gasteiger partial charge is 0.312 e. The Bertz CT molecular complexity index is 572. The van der Waals surface area contributed by atoms with E-state index in [-0.39, 0.29) is 0 Å². The van der Waals surface area contributed by atoms with Crippen LogP contribution in [0.4, 0.5) is 0 Å². The van der Waals surface area contributed by atoms with E-state index in [9.17, 15) is 0 Å². The average Bonchev–Trinajstić information content (AvgIpc) is 2.88. The Hall–Kier alpha value is -1.68. The molecule has 0 aromatic carbocycles. The van der Waals surface area contributed by atoms with Gasteiger partial charge in [-0.1, -0.05) is 20.8 Å². The van der Waals surface area contributed by atoms with E-state index in [1.54, 1.807) is 0 Å². The number of nitrogens with one attached hydrogen (secondary N) is 1. The second kappa shape index (κ2) is 7.36. The summed E-state index contributed by atoms with van der Waals surface area (Å²) in [6, 6.07) is 2.15. The van der Waals surface area contributed by atoms with E-state index in [1.807, 2.05) is 25.5 Å². The molecule has 4 heteroatoms. The first-order chi connectivity index (χ1) is 10.1. The molecule has 0 spiro atoms. The van der Waals surface area contributed by atoms with Crippen molar-refractivity contribution in [3.63, 3.8) is 0 Å². The summed E-state index contributed by atoms with van der Waals surface area (Å²) in [4.78, 5) is 8.93. The SMILES string of the molecule is CCCc1nccn1-c1cc(C)ncc1CNCC(C)C. The highest BCUT2D eigenvalue weighted by atomic mass is 15.1. The topological polar surface area (TPSA) is 42.7 Å². The summed E-state index contributed by atoms with van der Waals surface area (Å²) in [5.74, 6) is 1.77. The first-order valence-electron chi connectivity index (χ1n) is 7.80. The Kier molecular flexibility index (Phi) is 5.51. The molecule has 21 heavy (non-hydrogen) atoms. The third kappa shape index (κ3) is 4.14. The molecule has 0 amide bonds. The second-order valence-corrected chi connectivity index (χ2v) is 5.94. The van der Waals surface area contributed by atoms with Crippen LogP contribution in [0.3, 0.4) is 0 Å². The maximum atomic E-state index is 4.48. The fraction of sp³-hybridized carbons (Fsp3) is 0.529. The molecule has 4 nitrogen and oxygen atoms in total. The summed E-state index contributed by atoms with van der Waals surface area (Å²) in [5, 5.41) is 3.50. The molecule has 0 radical (unpaired) electrons. The molecular weight excluding hydrogens is 260 g/mol. The van der Waals surface area contributed by atoms with Gasteiger partial charge in [0.25, 0.3) is 0 Å². The normalized spacial score (nSPS) is 11.3. The lowest BCUT2D eigenvalue weighted by Crippen LogP contribution is -2.20. The number of aryl methyl sites for hydroxylation is 2. The number of pyridine rings is 1. The van der Waals surface area contributed by atoms with Crippen LogP contribution in [0.5, 0.6) is 0 Å². The molecule has 0 saturated heterocycles. The van der Waals surface area contributed by atoms with Crippen LogP contribution in [0.1, 0.15) is 44.3 Å². The smallest absolute Gasteiger partial charge is 0.113 e. The molecule has 0 bridgehead atoms. The van der Waals surface area contributed by atoms with Crippen molar-refractivity contribution in [2.45, 2.75) is 47.1 Å². The summed E-state index contributed by atoms with van der Waals surface area (Å²) in [5.41, 5.74) is 3.45. The van der Waals surface area contributed by atoms with E-state index in [0.29, 0.717) is 5.92 Å². The molecule has 2 heterocycles. The number of nitrogens with zero attached hydrogens (tertiary/aromatic N) is 3. The zero-order valence-corrected chi connectivity index (χ0v) is 13.6. The highest BCUT2D eigenvalue weighted by molar-refractivity contribution is 5.42. The van der Waals surface area contributed by atoms with Crippen molar-refractivity contribution in [3.8, 4) is 5.69 Å². The fourth-order valence-corrected chi connectivity index (χ4v) is 2.39. The van der Waals surface area contributed by atoms with Gasteiger partial charge in [-0.2, -0.15) is 0 Å². The monoisotopic (exact) mass is 286 g/mol. The zero-order valence-electron chi connectivity index (χ0n) is 13.6. The van der Waals surface area contributed by atoms with Gasteiger partial charge in [-0.3, -0.25) is 4.98 Å². The molecule has 0 aliphatic rings. The van der Waals surface area contributed by atoms with Gasteiger partial charge in [0.05, 0.1) is 5.69 Å². The Morgan fingerprint density at radius 2 is 2.10 bits per heavy atom. The molecule has 0 aliphatic heterocycles. The second-order valence-electron chi connectivity index (χ2n) is 5.94. The summed E-state index contributed by atoms with van der Waals surface area (Å²) in [6.07, 6.45) is 8.00. The zero-order chi connectivity index (χ0) is 15.2. The summed E-state index contributed by atoms with van der Waals surface area (Å²) >= 11 is 0. The standard InChI is InChI=1S/C17H26N4/c1-5-6-17-19-7-8-21(17)16-9-14(4)20-12-15(16)11-18-10-13(2)3/h7-9,12-13,18H,5-6,10-11H2,1-4H3. The predicted octanol–water partition coefficient (Wildman–Crippen LogP) is 3.27.